The highest BCUT2D eigenvalue weighted by atomic mass is 127. The van der Waals surface area contributed by atoms with Gasteiger partial charge in [-0.05, 0) is 113 Å². The second kappa shape index (κ2) is 13.1. The van der Waals surface area contributed by atoms with Gasteiger partial charge in [-0.2, -0.15) is 0 Å². The summed E-state index contributed by atoms with van der Waals surface area (Å²) < 4.78 is 21.2. The van der Waals surface area contributed by atoms with Gasteiger partial charge in [-0.15, -0.1) is 0 Å². The number of allylic oxidation sites excluding steroid dienone is 1. The minimum atomic E-state index is -0.881. The molecule has 4 aromatic rings. The van der Waals surface area contributed by atoms with Gasteiger partial charge < -0.3 is 13.9 Å². The van der Waals surface area contributed by atoms with Crippen molar-refractivity contribution >= 4 is 91.8 Å². The number of hydrogen-bond acceptors (Lipinski definition) is 7. The lowest BCUT2D eigenvalue weighted by Crippen LogP contribution is -2.39. The summed E-state index contributed by atoms with van der Waals surface area (Å²) in [5.41, 5.74) is 1.91. The number of halogens is 4. The van der Waals surface area contributed by atoms with Crippen molar-refractivity contribution in [3.8, 4) is 17.1 Å². The van der Waals surface area contributed by atoms with Gasteiger partial charge in [0.2, 0.25) is 0 Å². The number of ether oxygens (including phenoxy) is 2. The summed E-state index contributed by atoms with van der Waals surface area (Å²) in [4.78, 5) is 32.2. The first-order chi connectivity index (χ1) is 20.1. The second-order valence-corrected chi connectivity index (χ2v) is 13.2. The van der Waals surface area contributed by atoms with Crippen LogP contribution in [0.1, 0.15) is 31.2 Å². The predicted octanol–water partition coefficient (Wildman–Crippen LogP) is 7.14. The van der Waals surface area contributed by atoms with Crippen molar-refractivity contribution < 1.29 is 18.7 Å². The average molecular weight is 847 g/mol. The number of aromatic nitrogens is 1. The van der Waals surface area contributed by atoms with Crippen LogP contribution >= 0.6 is 79.7 Å². The molecule has 0 amide bonds. The van der Waals surface area contributed by atoms with Crippen LogP contribution in [-0.2, 0) is 9.53 Å². The number of rotatable bonds is 8. The smallest absolute Gasteiger partial charge is 0.338 e. The number of fused-ring (bicyclic) bond motifs is 1. The van der Waals surface area contributed by atoms with Gasteiger partial charge in [0.1, 0.15) is 29.9 Å². The van der Waals surface area contributed by atoms with E-state index >= 15 is 0 Å². The number of thiazole rings is 1. The third-order valence-corrected chi connectivity index (χ3v) is 9.61. The van der Waals surface area contributed by atoms with Gasteiger partial charge in [0, 0.05) is 5.56 Å². The Hall–Kier alpha value is -2.39. The summed E-state index contributed by atoms with van der Waals surface area (Å²) in [5.74, 6) is 1.09. The summed E-state index contributed by atoms with van der Waals surface area (Å²) in [7, 11) is 0. The number of benzene rings is 2. The van der Waals surface area contributed by atoms with Gasteiger partial charge in [-0.3, -0.25) is 9.36 Å². The van der Waals surface area contributed by atoms with Crippen molar-refractivity contribution in [3.63, 3.8) is 0 Å². The average Bonchev–Trinajstić information content (AvgIpc) is 3.54. The maximum absolute atomic E-state index is 14.0. The summed E-state index contributed by atoms with van der Waals surface area (Å²) in [6, 6.07) is 11.7. The number of furan rings is 1. The number of nitrogens with zero attached hydrogens (tertiary/aromatic N) is 2. The largest absolute Gasteiger partial charge is 0.487 e. The zero-order valence-electron chi connectivity index (χ0n) is 22.3. The van der Waals surface area contributed by atoms with E-state index in [0.29, 0.717) is 48.8 Å². The maximum Gasteiger partial charge on any atom is 0.338 e. The van der Waals surface area contributed by atoms with E-state index < -0.39 is 12.0 Å². The maximum atomic E-state index is 14.0. The predicted molar refractivity (Wildman–Crippen MR) is 182 cm³/mol. The summed E-state index contributed by atoms with van der Waals surface area (Å²) in [6.07, 6.45) is 3.51. The number of carbonyl (C=O) groups excluding carboxylic acids is 1. The number of carbonyl (C=O) groups is 1. The second-order valence-electron chi connectivity index (χ2n) is 9.05. The van der Waals surface area contributed by atoms with Crippen LogP contribution in [0.25, 0.3) is 17.4 Å². The van der Waals surface area contributed by atoms with Crippen LogP contribution in [-0.4, -0.2) is 23.8 Å². The molecule has 0 radical (unpaired) electrons. The zero-order valence-corrected chi connectivity index (χ0v) is 28.9. The van der Waals surface area contributed by atoms with E-state index in [2.05, 4.69) is 56.8 Å². The van der Waals surface area contributed by atoms with Crippen LogP contribution in [0.2, 0.25) is 10.0 Å². The minimum absolute atomic E-state index is 0.170. The summed E-state index contributed by atoms with van der Waals surface area (Å²) in [6.45, 7) is 7.72. The standard InChI is InChI=1S/C30H22Cl2I2N2O5S/c1-4-10-40-27-20(33)11-16(12-21(27)34)13-24-28(37)36-26(25(29(38)39-5-2)15(3)35-30(36)42-24)23-9-8-22(41-23)17-6-7-18(31)19(32)14-17/h4,6-9,11-14,26H,1,5,10H2,2-3H3/b24-13-/t26-/m0/s1. The molecule has 0 saturated heterocycles. The van der Waals surface area contributed by atoms with Crippen molar-refractivity contribution in [1.29, 1.82) is 0 Å². The monoisotopic (exact) mass is 846 g/mol. The Kier molecular flexibility index (Phi) is 9.67. The molecule has 5 rings (SSSR count). The van der Waals surface area contributed by atoms with E-state index in [-0.39, 0.29) is 17.7 Å². The van der Waals surface area contributed by atoms with Crippen LogP contribution in [0, 0.1) is 7.14 Å². The topological polar surface area (TPSA) is 83.0 Å². The number of hydrogen-bond donors (Lipinski definition) is 0. The van der Waals surface area contributed by atoms with Crippen molar-refractivity contribution in [3.05, 3.63) is 115 Å². The van der Waals surface area contributed by atoms with Gasteiger partial charge in [0.15, 0.2) is 4.80 Å². The van der Waals surface area contributed by atoms with E-state index in [1.54, 1.807) is 50.3 Å². The van der Waals surface area contributed by atoms with Gasteiger partial charge >= 0.3 is 5.97 Å². The van der Waals surface area contributed by atoms with Crippen molar-refractivity contribution in [2.24, 2.45) is 4.99 Å². The molecule has 0 saturated carbocycles. The Bertz CT molecular complexity index is 1920. The molecular weight excluding hydrogens is 825 g/mol. The van der Waals surface area contributed by atoms with Crippen LogP contribution in [0.15, 0.2) is 80.6 Å². The molecule has 2 aromatic heterocycles. The Labute approximate surface area is 282 Å². The molecule has 2 aromatic carbocycles. The van der Waals surface area contributed by atoms with Crippen LogP contribution in [0.4, 0.5) is 0 Å². The minimum Gasteiger partial charge on any atom is -0.487 e. The van der Waals surface area contributed by atoms with E-state index in [9.17, 15) is 9.59 Å². The van der Waals surface area contributed by atoms with Crippen molar-refractivity contribution in [2.75, 3.05) is 13.2 Å². The fraction of sp³-hybridized carbons (Fsp3) is 0.167. The molecule has 1 aliphatic heterocycles. The Balaban J connectivity index is 1.65. The van der Waals surface area contributed by atoms with Crippen LogP contribution in [0.3, 0.4) is 0 Å². The fourth-order valence-electron chi connectivity index (χ4n) is 4.46. The molecule has 42 heavy (non-hydrogen) atoms. The van der Waals surface area contributed by atoms with E-state index in [4.69, 9.17) is 37.1 Å². The molecule has 0 unspecified atom stereocenters. The highest BCUT2D eigenvalue weighted by Crippen LogP contribution is 2.36. The molecule has 1 atom stereocenters. The first-order valence-electron chi connectivity index (χ1n) is 12.6. The van der Waals surface area contributed by atoms with Crippen LogP contribution in [0.5, 0.6) is 5.75 Å². The fourth-order valence-corrected chi connectivity index (χ4v) is 7.93. The SMILES string of the molecule is C=CCOc1c(I)cc(/C=c2\sc3n(c2=O)[C@@H](c2ccc(-c4ccc(Cl)c(Cl)c4)o2)C(C(=O)OCC)=C(C)N=3)cc1I. The third-order valence-electron chi connectivity index (χ3n) is 6.28. The highest BCUT2D eigenvalue weighted by Gasteiger charge is 2.35. The van der Waals surface area contributed by atoms with E-state index in [1.807, 2.05) is 18.2 Å². The van der Waals surface area contributed by atoms with Crippen LogP contribution < -0.4 is 19.6 Å². The Morgan fingerprint density at radius 1 is 1.17 bits per heavy atom. The molecule has 0 aliphatic carbocycles. The molecule has 1 aliphatic rings. The quantitative estimate of drug-likeness (QED) is 0.107. The first kappa shape index (κ1) is 31.0. The zero-order chi connectivity index (χ0) is 30.1. The molecular formula is C30H22Cl2I2N2O5S. The lowest BCUT2D eigenvalue weighted by Gasteiger charge is -2.22. The molecule has 0 N–H and O–H groups in total. The Morgan fingerprint density at radius 3 is 2.57 bits per heavy atom. The normalized spacial score (nSPS) is 14.9. The molecule has 0 bridgehead atoms. The molecule has 0 spiro atoms. The third kappa shape index (κ3) is 6.14. The Morgan fingerprint density at radius 2 is 1.90 bits per heavy atom. The molecule has 7 nitrogen and oxygen atoms in total. The molecule has 12 heteroatoms. The summed E-state index contributed by atoms with van der Waals surface area (Å²) in [5, 5.41) is 0.804. The molecule has 0 fully saturated rings. The molecule has 3 heterocycles. The number of esters is 1. The lowest BCUT2D eigenvalue weighted by molar-refractivity contribution is -0.139. The van der Waals surface area contributed by atoms with E-state index in [0.717, 1.165) is 18.5 Å². The lowest BCUT2D eigenvalue weighted by atomic mass is 10.0. The van der Waals surface area contributed by atoms with Gasteiger partial charge in [0.05, 0.1) is 39.6 Å². The van der Waals surface area contributed by atoms with Crippen molar-refractivity contribution in [2.45, 2.75) is 19.9 Å². The van der Waals surface area contributed by atoms with Gasteiger partial charge in [0.25, 0.3) is 5.56 Å². The van der Waals surface area contributed by atoms with Gasteiger partial charge in [-0.25, -0.2) is 9.79 Å². The van der Waals surface area contributed by atoms with E-state index in [1.165, 1.54) is 15.9 Å². The molecule has 216 valence electrons. The van der Waals surface area contributed by atoms with Gasteiger partial charge in [-0.1, -0.05) is 47.2 Å². The first-order valence-corrected chi connectivity index (χ1v) is 16.3. The van der Waals surface area contributed by atoms with Crippen molar-refractivity contribution in [1.82, 2.24) is 4.57 Å². The summed E-state index contributed by atoms with van der Waals surface area (Å²) >= 11 is 18.0. The highest BCUT2D eigenvalue weighted by molar-refractivity contribution is 14.1.